The number of methoxy groups -OCH3 is 1. The first-order valence-corrected chi connectivity index (χ1v) is 8.35. The monoisotopic (exact) mass is 448 g/mol. The Hall–Kier alpha value is -0.930. The van der Waals surface area contributed by atoms with Crippen LogP contribution < -0.4 is 10.6 Å². The normalized spacial score (nSPS) is 12.7. The molecular weight excluding hydrogens is 423 g/mol. The zero-order chi connectivity index (χ0) is 15.8. The zero-order valence-electron chi connectivity index (χ0n) is 13.8. The summed E-state index contributed by atoms with van der Waals surface area (Å²) in [6, 6.07) is 8.52. The van der Waals surface area contributed by atoms with Crippen LogP contribution in [-0.4, -0.2) is 44.3 Å². The highest BCUT2D eigenvalue weighted by Gasteiger charge is 2.05. The van der Waals surface area contributed by atoms with Gasteiger partial charge in [0.15, 0.2) is 5.96 Å². The zero-order valence-corrected chi connectivity index (χ0v) is 17.0. The maximum absolute atomic E-state index is 5.11. The maximum Gasteiger partial charge on any atom is 0.191 e. The quantitative estimate of drug-likeness (QED) is 0.296. The Morgan fingerprint density at radius 2 is 2.17 bits per heavy atom. The number of aromatic nitrogens is 1. The van der Waals surface area contributed by atoms with Crippen LogP contribution in [0.2, 0.25) is 0 Å². The molecule has 0 saturated carbocycles. The van der Waals surface area contributed by atoms with Crippen molar-refractivity contribution < 1.29 is 4.74 Å². The van der Waals surface area contributed by atoms with Gasteiger partial charge in [0, 0.05) is 33.2 Å². The first-order valence-electron chi connectivity index (χ1n) is 7.53. The van der Waals surface area contributed by atoms with E-state index in [1.54, 1.807) is 25.5 Å². The van der Waals surface area contributed by atoms with E-state index < -0.39 is 0 Å². The van der Waals surface area contributed by atoms with Gasteiger partial charge in [-0.2, -0.15) is 0 Å². The van der Waals surface area contributed by atoms with Gasteiger partial charge in [0.2, 0.25) is 0 Å². The summed E-state index contributed by atoms with van der Waals surface area (Å²) in [5.74, 6) is 0.814. The van der Waals surface area contributed by atoms with Crippen LogP contribution in [-0.2, 0) is 11.2 Å². The van der Waals surface area contributed by atoms with Crippen LogP contribution in [0.25, 0.3) is 10.2 Å². The Balaban J connectivity index is 0.00000264. The van der Waals surface area contributed by atoms with E-state index >= 15 is 0 Å². The molecule has 0 amide bonds. The lowest BCUT2D eigenvalue weighted by Crippen LogP contribution is -2.44. The summed E-state index contributed by atoms with van der Waals surface area (Å²) < 4.78 is 6.37. The summed E-state index contributed by atoms with van der Waals surface area (Å²) >= 11 is 1.78. The Morgan fingerprint density at radius 1 is 1.39 bits per heavy atom. The lowest BCUT2D eigenvalue weighted by molar-refractivity contribution is 0.179. The molecule has 0 aliphatic carbocycles. The molecule has 2 N–H and O–H groups in total. The summed E-state index contributed by atoms with van der Waals surface area (Å²) in [5.41, 5.74) is 1.10. The second-order valence-electron chi connectivity index (χ2n) is 5.18. The number of hydrogen-bond acceptors (Lipinski definition) is 4. The largest absolute Gasteiger partial charge is 0.383 e. The highest BCUT2D eigenvalue weighted by Crippen LogP contribution is 2.22. The van der Waals surface area contributed by atoms with Crippen LogP contribution in [0, 0.1) is 0 Å². The second kappa shape index (κ2) is 10.8. The average Bonchev–Trinajstić information content (AvgIpc) is 2.93. The third kappa shape index (κ3) is 6.60. The van der Waals surface area contributed by atoms with E-state index in [4.69, 9.17) is 4.74 Å². The minimum absolute atomic E-state index is 0. The number of thiazole rings is 1. The number of benzene rings is 1. The van der Waals surface area contributed by atoms with Crippen LogP contribution >= 0.6 is 35.3 Å². The van der Waals surface area contributed by atoms with Gasteiger partial charge in [0.1, 0.15) is 0 Å². The molecule has 0 aliphatic rings. The molecule has 7 heteroatoms. The molecule has 0 bridgehead atoms. The van der Waals surface area contributed by atoms with Gasteiger partial charge in [-0.3, -0.25) is 4.99 Å². The van der Waals surface area contributed by atoms with Gasteiger partial charge >= 0.3 is 0 Å². The molecule has 1 heterocycles. The third-order valence-electron chi connectivity index (χ3n) is 3.22. The predicted octanol–water partition coefficient (Wildman–Crippen LogP) is 3.05. The van der Waals surface area contributed by atoms with E-state index in [0.717, 1.165) is 30.9 Å². The van der Waals surface area contributed by atoms with Crippen molar-refractivity contribution in [3.05, 3.63) is 29.3 Å². The number of aryl methyl sites for hydroxylation is 1. The fourth-order valence-electron chi connectivity index (χ4n) is 2.19. The van der Waals surface area contributed by atoms with Crippen LogP contribution in [0.5, 0.6) is 0 Å². The molecule has 5 nitrogen and oxygen atoms in total. The van der Waals surface area contributed by atoms with Gasteiger partial charge in [0.25, 0.3) is 0 Å². The fraction of sp³-hybridized carbons (Fsp3) is 0.500. The minimum atomic E-state index is 0. The molecule has 0 saturated heterocycles. The van der Waals surface area contributed by atoms with E-state index in [9.17, 15) is 0 Å². The van der Waals surface area contributed by atoms with Crippen molar-refractivity contribution in [2.75, 3.05) is 27.3 Å². The summed E-state index contributed by atoms with van der Waals surface area (Å²) in [6.45, 7) is 3.60. The van der Waals surface area contributed by atoms with E-state index in [1.807, 2.05) is 6.07 Å². The van der Waals surface area contributed by atoms with Crippen molar-refractivity contribution >= 4 is 51.5 Å². The van der Waals surface area contributed by atoms with E-state index in [2.05, 4.69) is 45.7 Å². The Morgan fingerprint density at radius 3 is 2.87 bits per heavy atom. The van der Waals surface area contributed by atoms with E-state index in [-0.39, 0.29) is 30.0 Å². The molecule has 0 radical (unpaired) electrons. The number of nitrogens with zero attached hydrogens (tertiary/aromatic N) is 2. The summed E-state index contributed by atoms with van der Waals surface area (Å²) in [7, 11) is 3.48. The first-order chi connectivity index (χ1) is 10.7. The lowest BCUT2D eigenvalue weighted by Gasteiger charge is -2.16. The van der Waals surface area contributed by atoms with Crippen molar-refractivity contribution in [2.24, 2.45) is 4.99 Å². The standard InChI is InChI=1S/C16H24N4OS.HI/c1-12(11-21-3)19-16(17-2)18-10-6-9-15-20-13-7-4-5-8-14(13)22-15;/h4-5,7-8,12H,6,9-11H2,1-3H3,(H2,17,18,19);1H. The second-order valence-corrected chi connectivity index (χ2v) is 6.29. The number of halogens is 1. The van der Waals surface area contributed by atoms with Gasteiger partial charge in [-0.05, 0) is 25.5 Å². The number of hydrogen-bond donors (Lipinski definition) is 2. The Labute approximate surface area is 159 Å². The fourth-order valence-corrected chi connectivity index (χ4v) is 3.20. The molecule has 1 unspecified atom stereocenters. The molecule has 1 aromatic carbocycles. The summed E-state index contributed by atoms with van der Waals surface area (Å²) in [4.78, 5) is 8.87. The molecule has 128 valence electrons. The molecule has 0 fully saturated rings. The Kier molecular flexibility index (Phi) is 9.42. The molecule has 2 rings (SSSR count). The third-order valence-corrected chi connectivity index (χ3v) is 4.32. The van der Waals surface area contributed by atoms with Gasteiger partial charge < -0.3 is 15.4 Å². The molecular formula is C16H25IN4OS. The van der Waals surface area contributed by atoms with Crippen LogP contribution in [0.4, 0.5) is 0 Å². The topological polar surface area (TPSA) is 58.5 Å². The predicted molar refractivity (Wildman–Crippen MR) is 109 cm³/mol. The summed E-state index contributed by atoms with van der Waals surface area (Å²) in [6.07, 6.45) is 2.01. The number of guanidine groups is 1. The van der Waals surface area contributed by atoms with Crippen LogP contribution in [0.15, 0.2) is 29.3 Å². The lowest BCUT2D eigenvalue weighted by atomic mass is 10.3. The Bertz CT molecular complexity index is 584. The van der Waals surface area contributed by atoms with Crippen molar-refractivity contribution in [1.29, 1.82) is 0 Å². The van der Waals surface area contributed by atoms with Gasteiger partial charge in [-0.1, -0.05) is 12.1 Å². The molecule has 0 aliphatic heterocycles. The molecule has 23 heavy (non-hydrogen) atoms. The van der Waals surface area contributed by atoms with Crippen molar-refractivity contribution in [2.45, 2.75) is 25.8 Å². The van der Waals surface area contributed by atoms with Gasteiger partial charge in [-0.25, -0.2) is 4.98 Å². The number of aliphatic imine (C=N–C) groups is 1. The van der Waals surface area contributed by atoms with Crippen molar-refractivity contribution in [3.63, 3.8) is 0 Å². The molecule has 1 aromatic heterocycles. The van der Waals surface area contributed by atoms with Crippen molar-refractivity contribution in [1.82, 2.24) is 15.6 Å². The summed E-state index contributed by atoms with van der Waals surface area (Å²) in [5, 5.41) is 7.80. The first kappa shape index (κ1) is 20.1. The van der Waals surface area contributed by atoms with Crippen molar-refractivity contribution in [3.8, 4) is 0 Å². The van der Waals surface area contributed by atoms with Crippen LogP contribution in [0.1, 0.15) is 18.4 Å². The average molecular weight is 448 g/mol. The minimum Gasteiger partial charge on any atom is -0.383 e. The highest BCUT2D eigenvalue weighted by atomic mass is 127. The molecule has 0 spiro atoms. The van der Waals surface area contributed by atoms with Crippen LogP contribution in [0.3, 0.4) is 0 Å². The molecule has 1 atom stereocenters. The van der Waals surface area contributed by atoms with E-state index in [0.29, 0.717) is 6.61 Å². The van der Waals surface area contributed by atoms with E-state index in [1.165, 1.54) is 9.71 Å². The van der Waals surface area contributed by atoms with Gasteiger partial charge in [-0.15, -0.1) is 35.3 Å². The maximum atomic E-state index is 5.11. The smallest absolute Gasteiger partial charge is 0.191 e. The van der Waals surface area contributed by atoms with Gasteiger partial charge in [0.05, 0.1) is 21.8 Å². The number of rotatable bonds is 7. The number of fused-ring (bicyclic) bond motifs is 1. The number of ether oxygens (including phenoxy) is 1. The number of para-hydroxylation sites is 1. The SMILES string of the molecule is CN=C(NCCCc1nc2ccccc2s1)NC(C)COC.I. The molecule has 2 aromatic rings. The highest BCUT2D eigenvalue weighted by molar-refractivity contribution is 14.0. The number of nitrogens with one attached hydrogen (secondary N) is 2.